The van der Waals surface area contributed by atoms with Crippen molar-refractivity contribution in [2.45, 2.75) is 44.7 Å². The number of hydrogen-bond acceptors (Lipinski definition) is 4. The van der Waals surface area contributed by atoms with E-state index in [9.17, 15) is 18.0 Å². The Morgan fingerprint density at radius 2 is 1.56 bits per heavy atom. The average molecular weight is 611 g/mol. The van der Waals surface area contributed by atoms with Gasteiger partial charge in [-0.1, -0.05) is 66.0 Å². The van der Waals surface area contributed by atoms with Crippen molar-refractivity contribution >= 4 is 62.3 Å². The zero-order valence-corrected chi connectivity index (χ0v) is 24.9. The highest BCUT2D eigenvalue weighted by Crippen LogP contribution is 2.31. The Morgan fingerprint density at radius 3 is 2.13 bits per heavy atom. The number of halogens is 3. The van der Waals surface area contributed by atoms with E-state index < -0.39 is 28.5 Å². The van der Waals surface area contributed by atoms with Crippen LogP contribution in [0.3, 0.4) is 0 Å². The normalized spacial score (nSPS) is 12.1. The summed E-state index contributed by atoms with van der Waals surface area (Å²) in [6.07, 6.45) is 0.283. The van der Waals surface area contributed by atoms with E-state index in [-0.39, 0.29) is 23.8 Å². The average Bonchev–Trinajstić information content (AvgIpc) is 2.89. The number of rotatable bonds is 11. The van der Waals surface area contributed by atoms with E-state index in [4.69, 9.17) is 34.8 Å². The molecule has 2 amide bonds. The van der Waals surface area contributed by atoms with E-state index in [0.29, 0.717) is 38.4 Å². The maximum absolute atomic E-state index is 14.0. The smallest absolute Gasteiger partial charge is 0.264 e. The summed E-state index contributed by atoms with van der Waals surface area (Å²) in [4.78, 5) is 28.4. The number of carbonyl (C=O) groups is 2. The van der Waals surface area contributed by atoms with Gasteiger partial charge in [0.2, 0.25) is 11.8 Å². The highest BCUT2D eigenvalue weighted by Gasteiger charge is 2.34. The SMILES string of the molecule is CCNC(=O)[C@H](CC)N(Cc1c(Cl)cccc1Cl)C(=O)CN(c1ccc(Cl)cc1C)S(=O)(=O)c1ccccc1. The summed E-state index contributed by atoms with van der Waals surface area (Å²) >= 11 is 19.0. The molecule has 0 aliphatic rings. The van der Waals surface area contributed by atoms with Crippen LogP contribution in [-0.4, -0.2) is 44.3 Å². The van der Waals surface area contributed by atoms with Crippen molar-refractivity contribution in [2.75, 3.05) is 17.4 Å². The molecule has 0 aromatic heterocycles. The maximum Gasteiger partial charge on any atom is 0.264 e. The molecule has 0 bridgehead atoms. The van der Waals surface area contributed by atoms with Crippen LogP contribution in [0.1, 0.15) is 31.4 Å². The third-order valence-corrected chi connectivity index (χ3v) is 8.88. The van der Waals surface area contributed by atoms with Crippen LogP contribution in [0, 0.1) is 6.92 Å². The Kier molecular flexibility index (Phi) is 10.7. The van der Waals surface area contributed by atoms with E-state index in [1.165, 1.54) is 17.0 Å². The molecule has 1 atom stereocenters. The van der Waals surface area contributed by atoms with Crippen LogP contribution < -0.4 is 9.62 Å². The predicted octanol–water partition coefficient (Wildman–Crippen LogP) is 6.09. The van der Waals surface area contributed by atoms with Crippen LogP contribution in [0.2, 0.25) is 15.1 Å². The van der Waals surface area contributed by atoms with Crippen LogP contribution >= 0.6 is 34.8 Å². The van der Waals surface area contributed by atoms with Crippen molar-refractivity contribution in [3.63, 3.8) is 0 Å². The number of amides is 2. The van der Waals surface area contributed by atoms with E-state index >= 15 is 0 Å². The fourth-order valence-corrected chi connectivity index (χ4v) is 6.44. The van der Waals surface area contributed by atoms with Gasteiger partial charge in [0, 0.05) is 33.7 Å². The summed E-state index contributed by atoms with van der Waals surface area (Å²) in [7, 11) is -4.18. The Hall–Kier alpha value is -2.78. The zero-order chi connectivity index (χ0) is 28.7. The first-order valence-corrected chi connectivity index (χ1v) is 14.9. The van der Waals surface area contributed by atoms with Crippen LogP contribution in [0.4, 0.5) is 5.69 Å². The molecule has 0 spiro atoms. The van der Waals surface area contributed by atoms with Crippen LogP contribution in [0.5, 0.6) is 0 Å². The summed E-state index contributed by atoms with van der Waals surface area (Å²) in [6, 6.07) is 16.7. The topological polar surface area (TPSA) is 86.8 Å². The number of likely N-dealkylation sites (N-methyl/N-ethyl adjacent to an activating group) is 1. The van der Waals surface area contributed by atoms with Gasteiger partial charge < -0.3 is 10.2 Å². The lowest BCUT2D eigenvalue weighted by Gasteiger charge is -2.34. The van der Waals surface area contributed by atoms with Gasteiger partial charge in [0.25, 0.3) is 10.0 Å². The lowest BCUT2D eigenvalue weighted by atomic mass is 10.1. The highest BCUT2D eigenvalue weighted by molar-refractivity contribution is 7.92. The zero-order valence-electron chi connectivity index (χ0n) is 21.8. The summed E-state index contributed by atoms with van der Waals surface area (Å²) < 4.78 is 28.8. The molecule has 0 heterocycles. The Balaban J connectivity index is 2.12. The molecule has 7 nitrogen and oxygen atoms in total. The van der Waals surface area contributed by atoms with Gasteiger partial charge in [0.05, 0.1) is 10.6 Å². The number of sulfonamides is 1. The summed E-state index contributed by atoms with van der Waals surface area (Å²) in [5, 5.41) is 3.84. The van der Waals surface area contributed by atoms with Crippen LogP contribution in [0.15, 0.2) is 71.6 Å². The molecular formula is C28H30Cl3N3O4S. The number of carbonyl (C=O) groups excluding carboxylic acids is 2. The fourth-order valence-electron chi connectivity index (χ4n) is 4.20. The molecule has 0 aliphatic carbocycles. The van der Waals surface area contributed by atoms with Crippen LogP contribution in [-0.2, 0) is 26.2 Å². The number of benzene rings is 3. The van der Waals surface area contributed by atoms with Gasteiger partial charge in [0.15, 0.2) is 0 Å². The second kappa shape index (κ2) is 13.5. The minimum Gasteiger partial charge on any atom is -0.355 e. The molecular weight excluding hydrogens is 581 g/mol. The highest BCUT2D eigenvalue weighted by atomic mass is 35.5. The van der Waals surface area contributed by atoms with Gasteiger partial charge in [-0.15, -0.1) is 0 Å². The van der Waals surface area contributed by atoms with Crippen molar-refractivity contribution < 1.29 is 18.0 Å². The lowest BCUT2D eigenvalue weighted by molar-refractivity contribution is -0.140. The van der Waals surface area contributed by atoms with Crippen LogP contribution in [0.25, 0.3) is 0 Å². The molecule has 3 aromatic carbocycles. The number of nitrogens with zero attached hydrogens (tertiary/aromatic N) is 2. The molecule has 3 rings (SSSR count). The molecule has 0 fully saturated rings. The monoisotopic (exact) mass is 609 g/mol. The fraction of sp³-hybridized carbons (Fsp3) is 0.286. The maximum atomic E-state index is 14.0. The minimum absolute atomic E-state index is 0.0172. The Labute approximate surface area is 244 Å². The molecule has 0 aliphatic heterocycles. The minimum atomic E-state index is -4.18. The van der Waals surface area contributed by atoms with E-state index in [2.05, 4.69) is 5.32 Å². The van der Waals surface area contributed by atoms with Gasteiger partial charge in [-0.25, -0.2) is 8.42 Å². The standard InChI is InChI=1S/C28H30Cl3N3O4S/c1-4-25(28(36)32-5-2)33(17-22-23(30)12-9-13-24(22)31)27(35)18-34(26-15-14-20(29)16-19(26)3)39(37,38)21-10-7-6-8-11-21/h6-16,25H,4-5,17-18H2,1-3H3,(H,32,36)/t25-/m0/s1. The van der Waals surface area contributed by atoms with Gasteiger partial charge in [0.1, 0.15) is 12.6 Å². The summed E-state index contributed by atoms with van der Waals surface area (Å²) in [6.45, 7) is 4.96. The second-order valence-electron chi connectivity index (χ2n) is 8.80. The molecule has 0 saturated carbocycles. The summed E-state index contributed by atoms with van der Waals surface area (Å²) in [5.74, 6) is -0.963. The van der Waals surface area contributed by atoms with Gasteiger partial charge in [-0.2, -0.15) is 0 Å². The van der Waals surface area contributed by atoms with Gasteiger partial charge in [-0.3, -0.25) is 13.9 Å². The first-order valence-electron chi connectivity index (χ1n) is 12.3. The molecule has 11 heteroatoms. The molecule has 39 heavy (non-hydrogen) atoms. The van der Waals surface area contributed by atoms with Crippen molar-refractivity contribution in [3.8, 4) is 0 Å². The predicted molar refractivity (Wildman–Crippen MR) is 157 cm³/mol. The Bertz CT molecular complexity index is 1410. The quantitative estimate of drug-likeness (QED) is 0.285. The lowest BCUT2D eigenvalue weighted by Crippen LogP contribution is -2.52. The first-order chi connectivity index (χ1) is 18.5. The molecule has 0 saturated heterocycles. The number of nitrogens with one attached hydrogen (secondary N) is 1. The van der Waals surface area contributed by atoms with Gasteiger partial charge in [-0.05, 0) is 68.3 Å². The number of aryl methyl sites for hydroxylation is 1. The molecule has 1 N–H and O–H groups in total. The van der Waals surface area contributed by atoms with Gasteiger partial charge >= 0.3 is 0 Å². The van der Waals surface area contributed by atoms with Crippen molar-refractivity contribution in [1.82, 2.24) is 10.2 Å². The number of hydrogen-bond donors (Lipinski definition) is 1. The number of anilines is 1. The molecule has 208 valence electrons. The second-order valence-corrected chi connectivity index (χ2v) is 11.9. The van der Waals surface area contributed by atoms with E-state index in [1.807, 2.05) is 0 Å². The third-order valence-electron chi connectivity index (χ3n) is 6.16. The van der Waals surface area contributed by atoms with E-state index in [1.54, 1.807) is 75.4 Å². The Morgan fingerprint density at radius 1 is 0.923 bits per heavy atom. The van der Waals surface area contributed by atoms with Crippen molar-refractivity contribution in [1.29, 1.82) is 0 Å². The van der Waals surface area contributed by atoms with Crippen molar-refractivity contribution in [2.24, 2.45) is 0 Å². The molecule has 0 unspecified atom stereocenters. The summed E-state index contributed by atoms with van der Waals surface area (Å²) in [5.41, 5.74) is 1.31. The van der Waals surface area contributed by atoms with E-state index in [0.717, 1.165) is 4.31 Å². The van der Waals surface area contributed by atoms with Crippen molar-refractivity contribution in [3.05, 3.63) is 92.9 Å². The molecule has 3 aromatic rings. The largest absolute Gasteiger partial charge is 0.355 e. The molecule has 0 radical (unpaired) electrons. The first kappa shape index (κ1) is 30.8. The third kappa shape index (κ3) is 7.25.